The second-order valence-corrected chi connectivity index (χ2v) is 3.08. The Morgan fingerprint density at radius 3 is 2.60 bits per heavy atom. The summed E-state index contributed by atoms with van der Waals surface area (Å²) in [5.41, 5.74) is 0. The number of carbonyl (C=O) groups excluding carboxylic acids is 1. The highest BCUT2D eigenvalue weighted by atomic mass is 16.4. The molecule has 0 saturated carbocycles. The van der Waals surface area contributed by atoms with Gasteiger partial charge in [-0.3, -0.25) is 0 Å². The van der Waals surface area contributed by atoms with E-state index in [4.69, 9.17) is 10.4 Å². The standard InChI is InChI=1S/C9H15N3O3/c1-3-7(8(13)14)11-9(15)12(2)6-4-5-10/h7H,3-4,6H2,1-2H3,(H,11,15)(H,13,14)/t7-/m1/s1. The van der Waals surface area contributed by atoms with Crippen molar-refractivity contribution in [3.8, 4) is 6.07 Å². The highest BCUT2D eigenvalue weighted by molar-refractivity contribution is 5.82. The van der Waals surface area contributed by atoms with Crippen molar-refractivity contribution < 1.29 is 14.7 Å². The van der Waals surface area contributed by atoms with E-state index in [1.807, 2.05) is 6.07 Å². The van der Waals surface area contributed by atoms with E-state index in [9.17, 15) is 9.59 Å². The van der Waals surface area contributed by atoms with Crippen molar-refractivity contribution in [2.45, 2.75) is 25.8 Å². The molecule has 6 heteroatoms. The molecule has 0 fully saturated rings. The van der Waals surface area contributed by atoms with Crippen LogP contribution in [0.15, 0.2) is 0 Å². The smallest absolute Gasteiger partial charge is 0.326 e. The van der Waals surface area contributed by atoms with Crippen molar-refractivity contribution >= 4 is 12.0 Å². The van der Waals surface area contributed by atoms with Crippen LogP contribution in [0.4, 0.5) is 4.79 Å². The van der Waals surface area contributed by atoms with E-state index >= 15 is 0 Å². The number of hydrogen-bond acceptors (Lipinski definition) is 3. The number of amides is 2. The Bertz CT molecular complexity index is 272. The van der Waals surface area contributed by atoms with Crippen molar-refractivity contribution in [1.82, 2.24) is 10.2 Å². The molecule has 6 nitrogen and oxygen atoms in total. The molecule has 0 aromatic rings. The van der Waals surface area contributed by atoms with Crippen molar-refractivity contribution in [2.24, 2.45) is 0 Å². The van der Waals surface area contributed by atoms with E-state index < -0.39 is 18.0 Å². The molecule has 0 saturated heterocycles. The average molecular weight is 213 g/mol. The summed E-state index contributed by atoms with van der Waals surface area (Å²) in [6.45, 7) is 1.97. The van der Waals surface area contributed by atoms with Gasteiger partial charge in [0.25, 0.3) is 0 Å². The quantitative estimate of drug-likeness (QED) is 0.691. The zero-order valence-electron chi connectivity index (χ0n) is 8.86. The van der Waals surface area contributed by atoms with Crippen LogP contribution in [-0.4, -0.2) is 41.6 Å². The first-order valence-corrected chi connectivity index (χ1v) is 4.64. The van der Waals surface area contributed by atoms with Crippen LogP contribution in [0.2, 0.25) is 0 Å². The average Bonchev–Trinajstić information content (AvgIpc) is 2.21. The Hall–Kier alpha value is -1.77. The molecular weight excluding hydrogens is 198 g/mol. The molecule has 15 heavy (non-hydrogen) atoms. The molecular formula is C9H15N3O3. The van der Waals surface area contributed by atoms with E-state index in [-0.39, 0.29) is 6.42 Å². The van der Waals surface area contributed by atoms with Gasteiger partial charge in [-0.05, 0) is 6.42 Å². The summed E-state index contributed by atoms with van der Waals surface area (Å²) in [6.07, 6.45) is 0.556. The normalized spacial score (nSPS) is 11.3. The van der Waals surface area contributed by atoms with Crippen molar-refractivity contribution in [1.29, 1.82) is 5.26 Å². The summed E-state index contributed by atoms with van der Waals surface area (Å²) in [5, 5.41) is 19.4. The zero-order valence-corrected chi connectivity index (χ0v) is 8.86. The van der Waals surface area contributed by atoms with E-state index in [2.05, 4.69) is 5.32 Å². The predicted molar refractivity (Wildman–Crippen MR) is 53.1 cm³/mol. The molecule has 84 valence electrons. The molecule has 0 aromatic carbocycles. The number of nitrogens with zero attached hydrogens (tertiary/aromatic N) is 2. The van der Waals surface area contributed by atoms with Gasteiger partial charge in [-0.1, -0.05) is 6.92 Å². The number of carboxylic acid groups (broad SMARTS) is 1. The van der Waals surface area contributed by atoms with Gasteiger partial charge in [-0.25, -0.2) is 9.59 Å². The molecule has 0 unspecified atom stereocenters. The molecule has 0 aliphatic rings. The Kier molecular flexibility index (Phi) is 5.86. The van der Waals surface area contributed by atoms with Crippen molar-refractivity contribution in [3.63, 3.8) is 0 Å². The van der Waals surface area contributed by atoms with Gasteiger partial charge in [0.2, 0.25) is 0 Å². The number of carbonyl (C=O) groups is 2. The second-order valence-electron chi connectivity index (χ2n) is 3.08. The maximum absolute atomic E-state index is 11.4. The fraction of sp³-hybridized carbons (Fsp3) is 0.667. The van der Waals surface area contributed by atoms with Gasteiger partial charge >= 0.3 is 12.0 Å². The first-order chi connectivity index (χ1) is 7.02. The van der Waals surface area contributed by atoms with Gasteiger partial charge in [0, 0.05) is 13.6 Å². The molecule has 0 radical (unpaired) electrons. The number of carboxylic acids is 1. The number of nitrogens with one attached hydrogen (secondary N) is 1. The molecule has 0 heterocycles. The summed E-state index contributed by atoms with van der Waals surface area (Å²) in [6, 6.07) is 0.560. The maximum Gasteiger partial charge on any atom is 0.326 e. The van der Waals surface area contributed by atoms with E-state index in [1.165, 1.54) is 11.9 Å². The summed E-state index contributed by atoms with van der Waals surface area (Å²) in [5.74, 6) is -1.06. The van der Waals surface area contributed by atoms with Gasteiger partial charge < -0.3 is 15.3 Å². The fourth-order valence-corrected chi connectivity index (χ4v) is 0.917. The predicted octanol–water partition coefficient (Wildman–Crippen LogP) is 0.405. The van der Waals surface area contributed by atoms with Gasteiger partial charge in [-0.2, -0.15) is 5.26 Å². The minimum Gasteiger partial charge on any atom is -0.480 e. The largest absolute Gasteiger partial charge is 0.480 e. The molecule has 0 rings (SSSR count). The Balaban J connectivity index is 4.11. The van der Waals surface area contributed by atoms with Gasteiger partial charge in [-0.15, -0.1) is 0 Å². The fourth-order valence-electron chi connectivity index (χ4n) is 0.917. The second kappa shape index (κ2) is 6.65. The van der Waals surface area contributed by atoms with Gasteiger partial charge in [0.15, 0.2) is 0 Å². The molecule has 0 aromatic heterocycles. The van der Waals surface area contributed by atoms with Crippen LogP contribution in [0, 0.1) is 11.3 Å². The van der Waals surface area contributed by atoms with Crippen LogP contribution in [0.1, 0.15) is 19.8 Å². The molecule has 0 spiro atoms. The lowest BCUT2D eigenvalue weighted by Gasteiger charge is -2.19. The lowest BCUT2D eigenvalue weighted by atomic mass is 10.2. The third kappa shape index (κ3) is 4.86. The number of nitriles is 1. The highest BCUT2D eigenvalue weighted by Gasteiger charge is 2.19. The molecule has 2 amide bonds. The maximum atomic E-state index is 11.4. The third-order valence-electron chi connectivity index (χ3n) is 1.91. The van der Waals surface area contributed by atoms with E-state index in [0.717, 1.165) is 0 Å². The summed E-state index contributed by atoms with van der Waals surface area (Å²) in [7, 11) is 1.52. The van der Waals surface area contributed by atoms with Crippen LogP contribution >= 0.6 is 0 Å². The molecule has 2 N–H and O–H groups in total. The lowest BCUT2D eigenvalue weighted by Crippen LogP contribution is -2.46. The van der Waals surface area contributed by atoms with E-state index in [1.54, 1.807) is 6.92 Å². The van der Waals surface area contributed by atoms with Gasteiger partial charge in [0.05, 0.1) is 12.5 Å². The highest BCUT2D eigenvalue weighted by Crippen LogP contribution is 1.94. The number of urea groups is 1. The SMILES string of the molecule is CC[C@@H](NC(=O)N(C)CCC#N)C(=O)O. The van der Waals surface area contributed by atoms with Crippen LogP contribution in [0.25, 0.3) is 0 Å². The van der Waals surface area contributed by atoms with Crippen LogP contribution in [0.3, 0.4) is 0 Å². The van der Waals surface area contributed by atoms with Crippen LogP contribution in [0.5, 0.6) is 0 Å². The molecule has 1 atom stereocenters. The van der Waals surface area contributed by atoms with Crippen LogP contribution in [-0.2, 0) is 4.79 Å². The Morgan fingerprint density at radius 2 is 2.20 bits per heavy atom. The number of rotatable bonds is 5. The van der Waals surface area contributed by atoms with E-state index in [0.29, 0.717) is 13.0 Å². The summed E-state index contributed by atoms with van der Waals surface area (Å²) >= 11 is 0. The first kappa shape index (κ1) is 13.2. The summed E-state index contributed by atoms with van der Waals surface area (Å²) < 4.78 is 0. The topological polar surface area (TPSA) is 93.4 Å². The Labute approximate surface area is 88.5 Å². The molecule has 0 bridgehead atoms. The lowest BCUT2D eigenvalue weighted by molar-refractivity contribution is -0.139. The number of hydrogen-bond donors (Lipinski definition) is 2. The Morgan fingerprint density at radius 1 is 1.60 bits per heavy atom. The van der Waals surface area contributed by atoms with Crippen molar-refractivity contribution in [3.05, 3.63) is 0 Å². The number of aliphatic carboxylic acids is 1. The third-order valence-corrected chi connectivity index (χ3v) is 1.91. The minimum atomic E-state index is -1.06. The molecule has 0 aliphatic heterocycles. The van der Waals surface area contributed by atoms with Gasteiger partial charge in [0.1, 0.15) is 6.04 Å². The molecule has 0 aliphatic carbocycles. The monoisotopic (exact) mass is 213 g/mol. The zero-order chi connectivity index (χ0) is 11.8. The minimum absolute atomic E-state index is 0.230. The van der Waals surface area contributed by atoms with Crippen LogP contribution < -0.4 is 5.32 Å². The summed E-state index contributed by atoms with van der Waals surface area (Å²) in [4.78, 5) is 23.3. The van der Waals surface area contributed by atoms with Crippen molar-refractivity contribution in [2.75, 3.05) is 13.6 Å². The first-order valence-electron chi connectivity index (χ1n) is 4.64.